The number of hydrogen-bond donors (Lipinski definition) is 1. The summed E-state index contributed by atoms with van der Waals surface area (Å²) in [6.07, 6.45) is 0. The molecule has 0 spiro atoms. The molecule has 2 rings (SSSR count). The molecule has 0 saturated heterocycles. The quantitative estimate of drug-likeness (QED) is 0.684. The van der Waals surface area contributed by atoms with Crippen LogP contribution in [0.2, 0.25) is 0 Å². The van der Waals surface area contributed by atoms with Gasteiger partial charge in [0.05, 0.1) is 4.92 Å². The molecule has 1 atom stereocenters. The third-order valence-electron chi connectivity index (χ3n) is 2.76. The maximum absolute atomic E-state index is 13.9. The minimum absolute atomic E-state index is 0.0236. The molecule has 0 aromatic heterocycles. The van der Waals surface area contributed by atoms with Crippen LogP contribution in [-0.2, 0) is 0 Å². The van der Waals surface area contributed by atoms with Crippen molar-refractivity contribution in [2.75, 3.05) is 0 Å². The van der Waals surface area contributed by atoms with E-state index in [1.54, 1.807) is 19.1 Å². The van der Waals surface area contributed by atoms with Crippen LogP contribution in [0.4, 0.5) is 10.1 Å². The molecule has 104 valence electrons. The Morgan fingerprint density at radius 1 is 1.25 bits per heavy atom. The van der Waals surface area contributed by atoms with Crippen molar-refractivity contribution in [1.82, 2.24) is 0 Å². The molecule has 2 aromatic carbocycles. The molecular weight excluding hydrogens is 263 g/mol. The highest BCUT2D eigenvalue weighted by Crippen LogP contribution is 2.35. The normalized spacial score (nSPS) is 11.9. The number of nitro groups is 1. The number of ether oxygens (including phenoxy) is 1. The Morgan fingerprint density at radius 2 is 1.95 bits per heavy atom. The molecule has 2 aromatic rings. The van der Waals surface area contributed by atoms with Gasteiger partial charge < -0.3 is 10.5 Å². The minimum Gasteiger partial charge on any atom is -0.447 e. The van der Waals surface area contributed by atoms with Gasteiger partial charge in [0.15, 0.2) is 11.6 Å². The molecule has 0 bridgehead atoms. The van der Waals surface area contributed by atoms with Crippen molar-refractivity contribution in [2.24, 2.45) is 5.73 Å². The van der Waals surface area contributed by atoms with Gasteiger partial charge in [-0.05, 0) is 19.1 Å². The fourth-order valence-electron chi connectivity index (χ4n) is 1.80. The van der Waals surface area contributed by atoms with Crippen LogP contribution < -0.4 is 10.5 Å². The topological polar surface area (TPSA) is 78.4 Å². The average molecular weight is 276 g/mol. The van der Waals surface area contributed by atoms with Crippen LogP contribution in [0.25, 0.3) is 0 Å². The number of benzene rings is 2. The number of hydrogen-bond acceptors (Lipinski definition) is 4. The summed E-state index contributed by atoms with van der Waals surface area (Å²) in [7, 11) is 0. The fourth-order valence-corrected chi connectivity index (χ4v) is 1.80. The second-order valence-corrected chi connectivity index (χ2v) is 4.27. The maximum atomic E-state index is 13.9. The highest BCUT2D eigenvalue weighted by Gasteiger charge is 2.19. The smallest absolute Gasteiger partial charge is 0.311 e. The second-order valence-electron chi connectivity index (χ2n) is 4.27. The van der Waals surface area contributed by atoms with E-state index in [0.717, 1.165) is 0 Å². The summed E-state index contributed by atoms with van der Waals surface area (Å²) in [4.78, 5) is 10.3. The van der Waals surface area contributed by atoms with Crippen molar-refractivity contribution in [3.05, 3.63) is 64.0 Å². The van der Waals surface area contributed by atoms with Crippen molar-refractivity contribution in [3.63, 3.8) is 0 Å². The second kappa shape index (κ2) is 5.66. The highest BCUT2D eigenvalue weighted by atomic mass is 19.1. The SMILES string of the molecule is C[C@H](N)c1cccc(F)c1Oc1ccccc1[N+](=O)[O-]. The number of nitrogens with zero attached hydrogens (tertiary/aromatic N) is 1. The van der Waals surface area contributed by atoms with Gasteiger partial charge in [-0.3, -0.25) is 10.1 Å². The number of nitro benzene ring substituents is 1. The molecule has 20 heavy (non-hydrogen) atoms. The van der Waals surface area contributed by atoms with Crippen molar-refractivity contribution in [1.29, 1.82) is 0 Å². The monoisotopic (exact) mass is 276 g/mol. The molecule has 2 N–H and O–H groups in total. The van der Waals surface area contributed by atoms with Gasteiger partial charge in [0.2, 0.25) is 5.75 Å². The van der Waals surface area contributed by atoms with Crippen LogP contribution >= 0.6 is 0 Å². The summed E-state index contributed by atoms with van der Waals surface area (Å²) >= 11 is 0. The first-order valence-corrected chi connectivity index (χ1v) is 5.96. The average Bonchev–Trinajstić information content (AvgIpc) is 2.41. The van der Waals surface area contributed by atoms with E-state index in [1.807, 2.05) is 0 Å². The minimum atomic E-state index is -0.613. The van der Waals surface area contributed by atoms with Crippen LogP contribution in [0, 0.1) is 15.9 Å². The van der Waals surface area contributed by atoms with Crippen LogP contribution in [0.3, 0.4) is 0 Å². The first kappa shape index (κ1) is 14.0. The van der Waals surface area contributed by atoms with Crippen LogP contribution in [0.1, 0.15) is 18.5 Å². The third kappa shape index (κ3) is 2.75. The number of para-hydroxylation sites is 3. The number of halogens is 1. The van der Waals surface area contributed by atoms with E-state index in [9.17, 15) is 14.5 Å². The molecule has 0 saturated carbocycles. The first-order valence-electron chi connectivity index (χ1n) is 5.96. The van der Waals surface area contributed by atoms with Gasteiger partial charge in [-0.25, -0.2) is 4.39 Å². The van der Waals surface area contributed by atoms with Gasteiger partial charge in [-0.1, -0.05) is 24.3 Å². The van der Waals surface area contributed by atoms with Gasteiger partial charge in [-0.15, -0.1) is 0 Å². The molecule has 0 aliphatic carbocycles. The summed E-state index contributed by atoms with van der Waals surface area (Å²) in [6.45, 7) is 1.68. The van der Waals surface area contributed by atoms with Gasteiger partial charge in [-0.2, -0.15) is 0 Å². The van der Waals surface area contributed by atoms with E-state index < -0.39 is 16.8 Å². The lowest BCUT2D eigenvalue weighted by Crippen LogP contribution is -2.08. The molecule has 0 heterocycles. The summed E-state index contributed by atoms with van der Waals surface area (Å²) < 4.78 is 19.3. The van der Waals surface area contributed by atoms with E-state index in [0.29, 0.717) is 5.56 Å². The molecule has 6 heteroatoms. The van der Waals surface area contributed by atoms with E-state index in [1.165, 1.54) is 30.3 Å². The zero-order valence-corrected chi connectivity index (χ0v) is 10.7. The number of nitrogens with two attached hydrogens (primary N) is 1. The summed E-state index contributed by atoms with van der Waals surface area (Å²) in [5, 5.41) is 10.9. The van der Waals surface area contributed by atoms with Crippen molar-refractivity contribution in [2.45, 2.75) is 13.0 Å². The van der Waals surface area contributed by atoms with Gasteiger partial charge >= 0.3 is 5.69 Å². The van der Waals surface area contributed by atoms with Gasteiger partial charge in [0.25, 0.3) is 0 Å². The lowest BCUT2D eigenvalue weighted by atomic mass is 10.1. The summed E-state index contributed by atoms with van der Waals surface area (Å²) in [5.41, 5.74) is 5.97. The molecule has 0 aliphatic rings. The predicted octanol–water partition coefficient (Wildman–Crippen LogP) is 3.55. The zero-order valence-electron chi connectivity index (χ0n) is 10.7. The fraction of sp³-hybridized carbons (Fsp3) is 0.143. The molecular formula is C14H13FN2O3. The molecule has 5 nitrogen and oxygen atoms in total. The Balaban J connectivity index is 2.48. The van der Waals surface area contributed by atoms with Crippen LogP contribution in [0.5, 0.6) is 11.5 Å². The maximum Gasteiger partial charge on any atom is 0.311 e. The third-order valence-corrected chi connectivity index (χ3v) is 2.76. The Morgan fingerprint density at radius 3 is 2.60 bits per heavy atom. The van der Waals surface area contributed by atoms with Gasteiger partial charge in [0.1, 0.15) is 0 Å². The molecule has 0 fully saturated rings. The van der Waals surface area contributed by atoms with E-state index in [4.69, 9.17) is 10.5 Å². The van der Waals surface area contributed by atoms with Crippen molar-refractivity contribution >= 4 is 5.69 Å². The zero-order chi connectivity index (χ0) is 14.7. The first-order chi connectivity index (χ1) is 9.50. The molecule has 0 aliphatic heterocycles. The summed E-state index contributed by atoms with van der Waals surface area (Å²) in [6, 6.07) is 9.70. The summed E-state index contributed by atoms with van der Waals surface area (Å²) in [5.74, 6) is -0.723. The van der Waals surface area contributed by atoms with Crippen LogP contribution in [0.15, 0.2) is 42.5 Å². The lowest BCUT2D eigenvalue weighted by molar-refractivity contribution is -0.385. The van der Waals surface area contributed by atoms with E-state index >= 15 is 0 Å². The Hall–Kier alpha value is -2.47. The Labute approximate surface area is 114 Å². The highest BCUT2D eigenvalue weighted by molar-refractivity contribution is 5.50. The van der Waals surface area contributed by atoms with Gasteiger partial charge in [0, 0.05) is 17.7 Å². The van der Waals surface area contributed by atoms with Crippen molar-refractivity contribution < 1.29 is 14.1 Å². The Kier molecular flexibility index (Phi) is 3.95. The predicted molar refractivity (Wildman–Crippen MR) is 72.2 cm³/mol. The molecule has 0 unspecified atom stereocenters. The molecule has 0 amide bonds. The number of rotatable bonds is 4. The van der Waals surface area contributed by atoms with Crippen molar-refractivity contribution in [3.8, 4) is 11.5 Å². The lowest BCUT2D eigenvalue weighted by Gasteiger charge is -2.14. The van der Waals surface area contributed by atoms with Crippen LogP contribution in [-0.4, -0.2) is 4.92 Å². The largest absolute Gasteiger partial charge is 0.447 e. The Bertz CT molecular complexity index is 644. The standard InChI is InChI=1S/C14H13FN2O3/c1-9(16)10-5-4-6-11(15)14(10)20-13-8-3-2-7-12(13)17(18)19/h2-9H,16H2,1H3/t9-/m0/s1. The van der Waals surface area contributed by atoms with E-state index in [-0.39, 0.29) is 17.2 Å². The molecule has 0 radical (unpaired) electrons. The van der Waals surface area contributed by atoms with E-state index in [2.05, 4.69) is 0 Å².